The Kier molecular flexibility index (Phi) is 10.0. The van der Waals surface area contributed by atoms with E-state index in [2.05, 4.69) is 0 Å². The van der Waals surface area contributed by atoms with Crippen LogP contribution in [0.15, 0.2) is 0 Å². The van der Waals surface area contributed by atoms with Crippen molar-refractivity contribution in [2.24, 2.45) is 5.73 Å². The summed E-state index contributed by atoms with van der Waals surface area (Å²) in [4.78, 5) is 0. The minimum Gasteiger partial charge on any atom is -0.394 e. The molecule has 0 radical (unpaired) electrons. The summed E-state index contributed by atoms with van der Waals surface area (Å²) in [5, 5.41) is 38.4. The molecule has 0 aromatic carbocycles. The van der Waals surface area contributed by atoms with Gasteiger partial charge in [-0.05, 0) is 0 Å². The molecule has 1 rings (SSSR count). The van der Waals surface area contributed by atoms with Crippen LogP contribution in [0.25, 0.3) is 0 Å². The number of nitrogens with two attached hydrogens (primary N) is 1. The van der Waals surface area contributed by atoms with Crippen LogP contribution in [0.3, 0.4) is 0 Å². The number of rotatable bonds is 10. The number of ether oxygens (including phenoxy) is 4. The third-order valence-corrected chi connectivity index (χ3v) is 3.21. The van der Waals surface area contributed by atoms with Crippen LogP contribution < -0.4 is 5.73 Å². The van der Waals surface area contributed by atoms with Gasteiger partial charge in [0.1, 0.15) is 18.3 Å². The molecule has 9 heteroatoms. The molecule has 9 nitrogen and oxygen atoms in total. The lowest BCUT2D eigenvalue weighted by molar-refractivity contribution is -0.228. The second-order valence-corrected chi connectivity index (χ2v) is 4.97. The molecule has 0 aliphatic carbocycles. The van der Waals surface area contributed by atoms with Gasteiger partial charge in [-0.2, -0.15) is 0 Å². The highest BCUT2D eigenvalue weighted by Crippen LogP contribution is 2.21. The lowest BCUT2D eigenvalue weighted by Crippen LogP contribution is -2.40. The van der Waals surface area contributed by atoms with E-state index in [-0.39, 0.29) is 19.6 Å². The fourth-order valence-corrected chi connectivity index (χ4v) is 2.02. The van der Waals surface area contributed by atoms with Gasteiger partial charge in [-0.1, -0.05) is 0 Å². The van der Waals surface area contributed by atoms with Crippen molar-refractivity contribution < 1.29 is 39.4 Å². The van der Waals surface area contributed by atoms with E-state index >= 15 is 0 Å². The van der Waals surface area contributed by atoms with E-state index < -0.39 is 37.3 Å². The van der Waals surface area contributed by atoms with Gasteiger partial charge in [-0.25, -0.2) is 0 Å². The maximum absolute atomic E-state index is 9.87. The third-order valence-electron chi connectivity index (χ3n) is 3.21. The number of hydrogen-bond donors (Lipinski definition) is 5. The standard InChI is InChI=1S/C13H27NO8/c14-1-2-19-3-4-20-5-6-21-13-10(17)7-9(16)12(18)11(8-15)22-13/h9-13,15-18H,1-8,14H2/t9?,10?,11?,12-,13-/m0/s1. The summed E-state index contributed by atoms with van der Waals surface area (Å²) in [7, 11) is 0. The minimum absolute atomic E-state index is 0.101. The van der Waals surface area contributed by atoms with Gasteiger partial charge in [-0.15, -0.1) is 0 Å². The van der Waals surface area contributed by atoms with E-state index in [1.165, 1.54) is 0 Å². The molecule has 0 aromatic rings. The zero-order chi connectivity index (χ0) is 16.4. The van der Waals surface area contributed by atoms with Crippen molar-refractivity contribution in [3.8, 4) is 0 Å². The van der Waals surface area contributed by atoms with Crippen LogP contribution in [0.4, 0.5) is 0 Å². The molecule has 0 spiro atoms. The monoisotopic (exact) mass is 325 g/mol. The summed E-state index contributed by atoms with van der Waals surface area (Å²) in [6.07, 6.45) is -5.71. The summed E-state index contributed by atoms with van der Waals surface area (Å²) in [5.74, 6) is 0. The Bertz CT molecular complexity index is 283. The quantitative estimate of drug-likeness (QED) is 0.269. The van der Waals surface area contributed by atoms with Gasteiger partial charge in [0.2, 0.25) is 0 Å². The maximum atomic E-state index is 9.87. The van der Waals surface area contributed by atoms with Crippen LogP contribution in [0, 0.1) is 0 Å². The SMILES string of the molecule is NCCOCCOCCO[C@H]1OC(CO)[C@@H](O)C(O)CC1O. The zero-order valence-corrected chi connectivity index (χ0v) is 12.5. The molecular formula is C13H27NO8. The minimum atomic E-state index is -1.27. The van der Waals surface area contributed by atoms with Crippen molar-refractivity contribution in [1.29, 1.82) is 0 Å². The number of hydrogen-bond acceptors (Lipinski definition) is 9. The number of aliphatic hydroxyl groups excluding tert-OH is 4. The summed E-state index contributed by atoms with van der Waals surface area (Å²) in [6, 6.07) is 0. The molecule has 1 fully saturated rings. The van der Waals surface area contributed by atoms with Crippen LogP contribution in [0.1, 0.15) is 6.42 Å². The fourth-order valence-electron chi connectivity index (χ4n) is 2.02. The van der Waals surface area contributed by atoms with Crippen molar-refractivity contribution in [2.75, 3.05) is 46.2 Å². The summed E-state index contributed by atoms with van der Waals surface area (Å²) >= 11 is 0. The van der Waals surface area contributed by atoms with Gasteiger partial charge < -0.3 is 45.1 Å². The van der Waals surface area contributed by atoms with Crippen LogP contribution in [0.5, 0.6) is 0 Å². The Morgan fingerprint density at radius 2 is 1.59 bits per heavy atom. The molecular weight excluding hydrogens is 298 g/mol. The molecule has 6 N–H and O–H groups in total. The highest BCUT2D eigenvalue weighted by atomic mass is 16.7. The largest absolute Gasteiger partial charge is 0.394 e. The molecule has 1 aliphatic rings. The zero-order valence-electron chi connectivity index (χ0n) is 12.5. The van der Waals surface area contributed by atoms with E-state index in [1.807, 2.05) is 0 Å². The van der Waals surface area contributed by atoms with Gasteiger partial charge >= 0.3 is 0 Å². The molecule has 3 unspecified atom stereocenters. The highest BCUT2D eigenvalue weighted by molar-refractivity contribution is 4.84. The molecule has 0 saturated carbocycles. The summed E-state index contributed by atoms with van der Waals surface area (Å²) < 4.78 is 21.0. The summed E-state index contributed by atoms with van der Waals surface area (Å²) in [6.45, 7) is 1.72. The first-order valence-electron chi connectivity index (χ1n) is 7.37. The van der Waals surface area contributed by atoms with E-state index in [0.29, 0.717) is 26.4 Å². The van der Waals surface area contributed by atoms with Crippen LogP contribution in [-0.2, 0) is 18.9 Å². The van der Waals surface area contributed by atoms with Gasteiger partial charge in [-0.3, -0.25) is 0 Å². The molecule has 1 saturated heterocycles. The van der Waals surface area contributed by atoms with Crippen molar-refractivity contribution >= 4 is 0 Å². The van der Waals surface area contributed by atoms with Crippen LogP contribution in [-0.4, -0.2) is 97.3 Å². The molecule has 0 aromatic heterocycles. The Morgan fingerprint density at radius 1 is 0.955 bits per heavy atom. The first kappa shape index (κ1) is 19.7. The number of aliphatic hydroxyl groups is 4. The molecule has 22 heavy (non-hydrogen) atoms. The Balaban J connectivity index is 2.23. The first-order valence-corrected chi connectivity index (χ1v) is 7.37. The fraction of sp³-hybridized carbons (Fsp3) is 1.00. The molecule has 1 aliphatic heterocycles. The van der Waals surface area contributed by atoms with Crippen molar-refractivity contribution in [3.05, 3.63) is 0 Å². The molecule has 5 atom stereocenters. The lowest BCUT2D eigenvalue weighted by Gasteiger charge is -2.25. The predicted molar refractivity (Wildman–Crippen MR) is 75.0 cm³/mol. The average molecular weight is 325 g/mol. The third kappa shape index (κ3) is 6.82. The molecule has 1 heterocycles. The van der Waals surface area contributed by atoms with Crippen molar-refractivity contribution in [3.63, 3.8) is 0 Å². The highest BCUT2D eigenvalue weighted by Gasteiger charge is 2.38. The average Bonchev–Trinajstić information content (AvgIpc) is 2.61. The van der Waals surface area contributed by atoms with E-state index in [9.17, 15) is 15.3 Å². The summed E-state index contributed by atoms with van der Waals surface area (Å²) in [5.41, 5.74) is 5.26. The maximum Gasteiger partial charge on any atom is 0.184 e. The molecule has 0 amide bonds. The van der Waals surface area contributed by atoms with Crippen LogP contribution >= 0.6 is 0 Å². The van der Waals surface area contributed by atoms with E-state index in [0.717, 1.165) is 0 Å². The Labute approximate surface area is 129 Å². The van der Waals surface area contributed by atoms with Crippen molar-refractivity contribution in [2.45, 2.75) is 37.1 Å². The lowest BCUT2D eigenvalue weighted by atomic mass is 10.0. The van der Waals surface area contributed by atoms with E-state index in [1.54, 1.807) is 0 Å². The Hall–Kier alpha value is -0.360. The van der Waals surface area contributed by atoms with Gasteiger partial charge in [0.25, 0.3) is 0 Å². The van der Waals surface area contributed by atoms with Gasteiger partial charge in [0.15, 0.2) is 6.29 Å². The van der Waals surface area contributed by atoms with Gasteiger partial charge in [0.05, 0.1) is 45.7 Å². The smallest absolute Gasteiger partial charge is 0.184 e. The van der Waals surface area contributed by atoms with Crippen LogP contribution in [0.2, 0.25) is 0 Å². The normalized spacial score (nSPS) is 32.9. The van der Waals surface area contributed by atoms with E-state index in [4.69, 9.17) is 29.8 Å². The second-order valence-electron chi connectivity index (χ2n) is 4.97. The Morgan fingerprint density at radius 3 is 2.23 bits per heavy atom. The topological polar surface area (TPSA) is 144 Å². The second kappa shape index (κ2) is 11.2. The predicted octanol–water partition coefficient (Wildman–Crippen LogP) is -2.82. The molecule has 132 valence electrons. The van der Waals surface area contributed by atoms with Crippen molar-refractivity contribution in [1.82, 2.24) is 0 Å². The van der Waals surface area contributed by atoms with Gasteiger partial charge in [0, 0.05) is 13.0 Å². The first-order chi connectivity index (χ1) is 10.6. The molecule has 0 bridgehead atoms.